The molecule has 25 heavy (non-hydrogen) atoms. The summed E-state index contributed by atoms with van der Waals surface area (Å²) in [7, 11) is 1.89. The number of nitrogens with zero attached hydrogens (tertiary/aromatic N) is 3. The van der Waals surface area contributed by atoms with Crippen molar-refractivity contribution in [3.05, 3.63) is 71.1 Å². The molecule has 1 atom stereocenters. The lowest BCUT2D eigenvalue weighted by atomic mass is 10.1. The van der Waals surface area contributed by atoms with Crippen molar-refractivity contribution in [1.29, 1.82) is 0 Å². The van der Waals surface area contributed by atoms with Crippen molar-refractivity contribution in [1.82, 2.24) is 20.1 Å². The number of halogens is 2. The highest BCUT2D eigenvalue weighted by atomic mass is 35.5. The lowest BCUT2D eigenvalue weighted by Crippen LogP contribution is -2.21. The van der Waals surface area contributed by atoms with Crippen molar-refractivity contribution in [3.63, 3.8) is 0 Å². The highest BCUT2D eigenvalue weighted by molar-refractivity contribution is 6.30. The van der Waals surface area contributed by atoms with E-state index in [0.717, 1.165) is 22.4 Å². The summed E-state index contributed by atoms with van der Waals surface area (Å²) in [6.07, 6.45) is 4.90. The van der Waals surface area contributed by atoms with Crippen molar-refractivity contribution < 1.29 is 5.11 Å². The highest BCUT2D eigenvalue weighted by Crippen LogP contribution is 2.21. The van der Waals surface area contributed by atoms with E-state index in [2.05, 4.69) is 15.4 Å². The number of hydrogen-bond donors (Lipinski definition) is 2. The van der Waals surface area contributed by atoms with E-state index in [9.17, 15) is 5.11 Å². The lowest BCUT2D eigenvalue weighted by Gasteiger charge is -2.12. The Morgan fingerprint density at radius 1 is 1.28 bits per heavy atom. The second-order valence-corrected chi connectivity index (χ2v) is 6.06. The molecular weight excluding hydrogens is 359 g/mol. The van der Waals surface area contributed by atoms with Crippen LogP contribution in [0.3, 0.4) is 0 Å². The highest BCUT2D eigenvalue weighted by Gasteiger charge is 2.12. The lowest BCUT2D eigenvalue weighted by molar-refractivity contribution is 0.174. The first-order valence-corrected chi connectivity index (χ1v) is 8.08. The monoisotopic (exact) mass is 378 g/mol. The SMILES string of the molecule is Cl.Cn1cc(CNCC(O)c2cccc(Cl)c2)c(-c2cccnc2)n1. The number of benzene rings is 1. The third-order valence-electron chi connectivity index (χ3n) is 3.73. The molecule has 0 spiro atoms. The largest absolute Gasteiger partial charge is 0.387 e. The molecule has 0 saturated carbocycles. The molecule has 0 bridgehead atoms. The van der Waals surface area contributed by atoms with Gasteiger partial charge in [0.1, 0.15) is 0 Å². The molecule has 3 rings (SSSR count). The Balaban J connectivity index is 0.00000225. The first kappa shape index (κ1) is 19.4. The molecule has 0 aliphatic carbocycles. The second kappa shape index (κ2) is 8.97. The number of rotatable bonds is 6. The van der Waals surface area contributed by atoms with Gasteiger partial charge in [-0.15, -0.1) is 12.4 Å². The number of aryl methyl sites for hydroxylation is 1. The Kier molecular flexibility index (Phi) is 6.96. The van der Waals surface area contributed by atoms with E-state index >= 15 is 0 Å². The van der Waals surface area contributed by atoms with Crippen LogP contribution in [0.5, 0.6) is 0 Å². The molecule has 3 aromatic rings. The van der Waals surface area contributed by atoms with E-state index in [1.807, 2.05) is 37.5 Å². The molecule has 0 radical (unpaired) electrons. The van der Waals surface area contributed by atoms with Gasteiger partial charge in [0.05, 0.1) is 11.8 Å². The van der Waals surface area contributed by atoms with Crippen LogP contribution in [0.4, 0.5) is 0 Å². The Morgan fingerprint density at radius 3 is 2.84 bits per heavy atom. The Labute approximate surface area is 158 Å². The Bertz CT molecular complexity index is 808. The van der Waals surface area contributed by atoms with E-state index in [1.165, 1.54) is 0 Å². The first-order valence-electron chi connectivity index (χ1n) is 7.70. The van der Waals surface area contributed by atoms with Gasteiger partial charge in [0.15, 0.2) is 0 Å². The predicted octanol–water partition coefficient (Wildman–Crippen LogP) is 3.38. The minimum Gasteiger partial charge on any atom is -0.387 e. The van der Waals surface area contributed by atoms with Gasteiger partial charge < -0.3 is 10.4 Å². The molecule has 7 heteroatoms. The number of nitrogens with one attached hydrogen (secondary N) is 1. The van der Waals surface area contributed by atoms with Gasteiger partial charge in [0.25, 0.3) is 0 Å². The van der Waals surface area contributed by atoms with Crippen molar-refractivity contribution in [3.8, 4) is 11.3 Å². The van der Waals surface area contributed by atoms with Gasteiger partial charge >= 0.3 is 0 Å². The number of aliphatic hydroxyl groups excluding tert-OH is 1. The molecular formula is C18H20Cl2N4O. The molecule has 0 aliphatic rings. The fraction of sp³-hybridized carbons (Fsp3) is 0.222. The van der Waals surface area contributed by atoms with Crippen LogP contribution in [0.15, 0.2) is 55.0 Å². The van der Waals surface area contributed by atoms with E-state index in [4.69, 9.17) is 11.6 Å². The fourth-order valence-corrected chi connectivity index (χ4v) is 2.79. The number of pyridine rings is 1. The quantitative estimate of drug-likeness (QED) is 0.689. The predicted molar refractivity (Wildman–Crippen MR) is 102 cm³/mol. The number of hydrogen-bond acceptors (Lipinski definition) is 4. The van der Waals surface area contributed by atoms with Gasteiger partial charge in [-0.2, -0.15) is 5.10 Å². The molecule has 1 unspecified atom stereocenters. The first-order chi connectivity index (χ1) is 11.6. The third-order valence-corrected chi connectivity index (χ3v) is 3.96. The van der Waals surface area contributed by atoms with Gasteiger partial charge in [0.2, 0.25) is 0 Å². The molecule has 5 nitrogen and oxygen atoms in total. The molecule has 2 aromatic heterocycles. The van der Waals surface area contributed by atoms with Crippen LogP contribution >= 0.6 is 24.0 Å². The van der Waals surface area contributed by atoms with Crippen molar-refractivity contribution in [2.45, 2.75) is 12.6 Å². The minimum atomic E-state index is -0.609. The van der Waals surface area contributed by atoms with E-state index < -0.39 is 6.10 Å². The molecule has 132 valence electrons. The van der Waals surface area contributed by atoms with Crippen molar-refractivity contribution >= 4 is 24.0 Å². The summed E-state index contributed by atoms with van der Waals surface area (Å²) in [6.45, 7) is 1.04. The van der Waals surface area contributed by atoms with Crippen molar-refractivity contribution in [2.24, 2.45) is 7.05 Å². The summed E-state index contributed by atoms with van der Waals surface area (Å²) in [4.78, 5) is 4.15. The van der Waals surface area contributed by atoms with Gasteiger partial charge in [-0.05, 0) is 29.8 Å². The zero-order valence-corrected chi connectivity index (χ0v) is 15.3. The number of aromatic nitrogens is 3. The molecule has 2 heterocycles. The van der Waals surface area contributed by atoms with Crippen LogP contribution in [0.2, 0.25) is 5.02 Å². The van der Waals surface area contributed by atoms with Crippen LogP contribution in [0, 0.1) is 0 Å². The Morgan fingerprint density at radius 2 is 2.12 bits per heavy atom. The normalized spacial score (nSPS) is 11.8. The van der Waals surface area contributed by atoms with Gasteiger partial charge in [-0.1, -0.05) is 23.7 Å². The average molecular weight is 379 g/mol. The van der Waals surface area contributed by atoms with Crippen LogP contribution in [0.25, 0.3) is 11.3 Å². The molecule has 0 amide bonds. The summed E-state index contributed by atoms with van der Waals surface area (Å²) < 4.78 is 1.78. The maximum Gasteiger partial charge on any atom is 0.0983 e. The zero-order chi connectivity index (χ0) is 16.9. The van der Waals surface area contributed by atoms with E-state index in [1.54, 1.807) is 29.2 Å². The number of aliphatic hydroxyl groups is 1. The van der Waals surface area contributed by atoms with Gasteiger partial charge in [-0.3, -0.25) is 9.67 Å². The van der Waals surface area contributed by atoms with Gasteiger partial charge in [0, 0.05) is 54.9 Å². The molecule has 0 fully saturated rings. The van der Waals surface area contributed by atoms with E-state index in [-0.39, 0.29) is 12.4 Å². The molecule has 2 N–H and O–H groups in total. The van der Waals surface area contributed by atoms with E-state index in [0.29, 0.717) is 18.1 Å². The summed E-state index contributed by atoms with van der Waals surface area (Å²) in [5.74, 6) is 0. The second-order valence-electron chi connectivity index (χ2n) is 5.62. The van der Waals surface area contributed by atoms with Crippen LogP contribution in [-0.4, -0.2) is 26.4 Å². The summed E-state index contributed by atoms with van der Waals surface area (Å²) in [5.41, 5.74) is 3.73. The van der Waals surface area contributed by atoms with Crippen LogP contribution < -0.4 is 5.32 Å². The van der Waals surface area contributed by atoms with Crippen LogP contribution in [-0.2, 0) is 13.6 Å². The van der Waals surface area contributed by atoms with Crippen molar-refractivity contribution in [2.75, 3.05) is 6.54 Å². The zero-order valence-electron chi connectivity index (χ0n) is 13.8. The fourth-order valence-electron chi connectivity index (χ4n) is 2.59. The topological polar surface area (TPSA) is 63.0 Å². The van der Waals surface area contributed by atoms with Gasteiger partial charge in [-0.25, -0.2) is 0 Å². The maximum atomic E-state index is 10.3. The molecule has 0 saturated heterocycles. The smallest absolute Gasteiger partial charge is 0.0983 e. The third kappa shape index (κ3) is 5.03. The summed E-state index contributed by atoms with van der Waals surface area (Å²) in [6, 6.07) is 11.1. The Hall–Kier alpha value is -1.92. The summed E-state index contributed by atoms with van der Waals surface area (Å²) in [5, 5.41) is 18.7. The molecule has 0 aliphatic heterocycles. The van der Waals surface area contributed by atoms with Crippen LogP contribution in [0.1, 0.15) is 17.2 Å². The average Bonchev–Trinajstić information content (AvgIpc) is 2.96. The standard InChI is InChI=1S/C18H19ClN4O.ClH/c1-23-12-15(18(22-23)14-5-3-7-20-9-14)10-21-11-17(24)13-4-2-6-16(19)8-13;/h2-9,12,17,21,24H,10-11H2,1H3;1H. The molecule has 1 aromatic carbocycles. The minimum absolute atomic E-state index is 0. The maximum absolute atomic E-state index is 10.3. The summed E-state index contributed by atoms with van der Waals surface area (Å²) >= 11 is 5.96.